The van der Waals surface area contributed by atoms with Crippen molar-refractivity contribution in [2.75, 3.05) is 6.54 Å². The number of hydrogen-bond donors (Lipinski definition) is 2. The molecule has 0 amide bonds. The largest absolute Gasteiger partial charge is 0.391 e. The van der Waals surface area contributed by atoms with Gasteiger partial charge < -0.3 is 10.4 Å². The lowest BCUT2D eigenvalue weighted by molar-refractivity contribution is 0.0703. The first-order valence-corrected chi connectivity index (χ1v) is 5.44. The standard InChI is InChI=1S/C11H19NO/c13-11(10-7-4-8-12-10)9-5-2-1-3-6-9/h1-2,9-13H,3-8H2. The second-order valence-corrected chi connectivity index (χ2v) is 4.24. The van der Waals surface area contributed by atoms with Gasteiger partial charge in [0.25, 0.3) is 0 Å². The van der Waals surface area contributed by atoms with Crippen LogP contribution in [0, 0.1) is 5.92 Å². The lowest BCUT2D eigenvalue weighted by Gasteiger charge is -2.28. The van der Waals surface area contributed by atoms with Gasteiger partial charge in [-0.1, -0.05) is 12.2 Å². The second kappa shape index (κ2) is 4.25. The van der Waals surface area contributed by atoms with Crippen LogP contribution < -0.4 is 5.32 Å². The summed E-state index contributed by atoms with van der Waals surface area (Å²) < 4.78 is 0. The number of rotatable bonds is 2. The smallest absolute Gasteiger partial charge is 0.0724 e. The molecule has 0 saturated carbocycles. The van der Waals surface area contributed by atoms with Crippen LogP contribution in [0.2, 0.25) is 0 Å². The quantitative estimate of drug-likeness (QED) is 0.632. The van der Waals surface area contributed by atoms with Gasteiger partial charge in [0.05, 0.1) is 6.10 Å². The Bertz CT molecular complexity index is 185. The topological polar surface area (TPSA) is 32.3 Å². The van der Waals surface area contributed by atoms with Gasteiger partial charge in [-0.3, -0.25) is 0 Å². The van der Waals surface area contributed by atoms with Crippen LogP contribution in [0.5, 0.6) is 0 Å². The van der Waals surface area contributed by atoms with Crippen molar-refractivity contribution in [1.82, 2.24) is 5.32 Å². The summed E-state index contributed by atoms with van der Waals surface area (Å²) in [5.74, 6) is 0.501. The molecule has 3 unspecified atom stereocenters. The Labute approximate surface area is 80.0 Å². The van der Waals surface area contributed by atoms with E-state index in [1.165, 1.54) is 6.42 Å². The van der Waals surface area contributed by atoms with Gasteiger partial charge >= 0.3 is 0 Å². The van der Waals surface area contributed by atoms with Crippen molar-refractivity contribution < 1.29 is 5.11 Å². The van der Waals surface area contributed by atoms with Gasteiger partial charge in [0.1, 0.15) is 0 Å². The van der Waals surface area contributed by atoms with Crippen LogP contribution in [-0.4, -0.2) is 23.8 Å². The molecule has 0 aromatic carbocycles. The molecule has 2 rings (SSSR count). The molecule has 13 heavy (non-hydrogen) atoms. The van der Waals surface area contributed by atoms with E-state index >= 15 is 0 Å². The Morgan fingerprint density at radius 2 is 2.23 bits per heavy atom. The summed E-state index contributed by atoms with van der Waals surface area (Å²) in [7, 11) is 0. The molecule has 1 fully saturated rings. The maximum Gasteiger partial charge on any atom is 0.0724 e. The minimum atomic E-state index is -0.118. The van der Waals surface area contributed by atoms with Crippen molar-refractivity contribution in [3.05, 3.63) is 12.2 Å². The minimum Gasteiger partial charge on any atom is -0.391 e. The summed E-state index contributed by atoms with van der Waals surface area (Å²) in [4.78, 5) is 0. The molecule has 1 saturated heterocycles. The molecule has 0 spiro atoms. The Balaban J connectivity index is 1.87. The first kappa shape index (κ1) is 9.22. The molecule has 1 heterocycles. The number of aliphatic hydroxyl groups is 1. The molecule has 2 heteroatoms. The van der Waals surface area contributed by atoms with Crippen LogP contribution in [0.15, 0.2) is 12.2 Å². The first-order chi connectivity index (χ1) is 6.38. The van der Waals surface area contributed by atoms with E-state index in [0.717, 1.165) is 32.2 Å². The van der Waals surface area contributed by atoms with Crippen LogP contribution >= 0.6 is 0 Å². The van der Waals surface area contributed by atoms with Crippen molar-refractivity contribution in [2.24, 2.45) is 5.92 Å². The fraction of sp³-hybridized carbons (Fsp3) is 0.818. The first-order valence-electron chi connectivity index (χ1n) is 5.44. The molecule has 74 valence electrons. The van der Waals surface area contributed by atoms with Crippen LogP contribution in [0.3, 0.4) is 0 Å². The summed E-state index contributed by atoms with van der Waals surface area (Å²) in [5, 5.41) is 13.5. The number of hydrogen-bond acceptors (Lipinski definition) is 2. The molecule has 0 aromatic rings. The highest BCUT2D eigenvalue weighted by Crippen LogP contribution is 2.25. The number of allylic oxidation sites excluding steroid dienone is 2. The highest BCUT2D eigenvalue weighted by atomic mass is 16.3. The van der Waals surface area contributed by atoms with Gasteiger partial charge in [-0.15, -0.1) is 0 Å². The summed E-state index contributed by atoms with van der Waals surface area (Å²) in [6.45, 7) is 1.09. The summed E-state index contributed by atoms with van der Waals surface area (Å²) in [5.41, 5.74) is 0. The highest BCUT2D eigenvalue weighted by molar-refractivity contribution is 4.95. The molecular formula is C11H19NO. The molecule has 1 aliphatic heterocycles. The number of nitrogens with one attached hydrogen (secondary N) is 1. The van der Waals surface area contributed by atoms with Gasteiger partial charge in [0.15, 0.2) is 0 Å². The van der Waals surface area contributed by atoms with Gasteiger partial charge in [0.2, 0.25) is 0 Å². The Hall–Kier alpha value is -0.340. The van der Waals surface area contributed by atoms with E-state index < -0.39 is 0 Å². The zero-order valence-corrected chi connectivity index (χ0v) is 8.08. The van der Waals surface area contributed by atoms with Crippen molar-refractivity contribution in [3.63, 3.8) is 0 Å². The summed E-state index contributed by atoms with van der Waals surface area (Å²) in [6, 6.07) is 0.372. The minimum absolute atomic E-state index is 0.118. The zero-order chi connectivity index (χ0) is 9.10. The van der Waals surface area contributed by atoms with Crippen molar-refractivity contribution in [2.45, 2.75) is 44.2 Å². The maximum absolute atomic E-state index is 10.1. The van der Waals surface area contributed by atoms with Crippen molar-refractivity contribution >= 4 is 0 Å². The molecular weight excluding hydrogens is 162 g/mol. The maximum atomic E-state index is 10.1. The van der Waals surface area contributed by atoms with E-state index in [-0.39, 0.29) is 6.10 Å². The van der Waals surface area contributed by atoms with Crippen molar-refractivity contribution in [3.8, 4) is 0 Å². The predicted octanol–water partition coefficient (Wildman–Crippen LogP) is 1.46. The third-order valence-corrected chi connectivity index (χ3v) is 3.30. The van der Waals surface area contributed by atoms with Crippen LogP contribution in [0.1, 0.15) is 32.1 Å². The Kier molecular flexibility index (Phi) is 3.01. The van der Waals surface area contributed by atoms with Gasteiger partial charge in [-0.2, -0.15) is 0 Å². The SMILES string of the molecule is OC(C1CC=CCC1)C1CCCN1. The van der Waals surface area contributed by atoms with E-state index in [0.29, 0.717) is 12.0 Å². The fourth-order valence-corrected chi connectivity index (χ4v) is 2.46. The molecule has 1 aliphatic carbocycles. The molecule has 2 N–H and O–H groups in total. The van der Waals surface area contributed by atoms with Gasteiger partial charge in [-0.25, -0.2) is 0 Å². The van der Waals surface area contributed by atoms with Gasteiger partial charge in [0, 0.05) is 6.04 Å². The van der Waals surface area contributed by atoms with E-state index in [2.05, 4.69) is 17.5 Å². The predicted molar refractivity (Wildman–Crippen MR) is 53.5 cm³/mol. The lowest BCUT2D eigenvalue weighted by atomic mass is 9.85. The molecule has 0 aromatic heterocycles. The Morgan fingerprint density at radius 1 is 1.31 bits per heavy atom. The Morgan fingerprint density at radius 3 is 2.85 bits per heavy atom. The van der Waals surface area contributed by atoms with Crippen molar-refractivity contribution in [1.29, 1.82) is 0 Å². The molecule has 0 bridgehead atoms. The normalized spacial score (nSPS) is 36.4. The molecule has 0 radical (unpaired) electrons. The lowest BCUT2D eigenvalue weighted by Crippen LogP contribution is -2.40. The van der Waals surface area contributed by atoms with E-state index in [1.807, 2.05) is 0 Å². The van der Waals surface area contributed by atoms with Crippen LogP contribution in [0.25, 0.3) is 0 Å². The number of aliphatic hydroxyl groups excluding tert-OH is 1. The van der Waals surface area contributed by atoms with E-state index in [1.54, 1.807) is 0 Å². The zero-order valence-electron chi connectivity index (χ0n) is 8.08. The molecule has 2 nitrogen and oxygen atoms in total. The third kappa shape index (κ3) is 2.12. The van der Waals surface area contributed by atoms with E-state index in [4.69, 9.17) is 0 Å². The average Bonchev–Trinajstić information content (AvgIpc) is 2.71. The van der Waals surface area contributed by atoms with Crippen LogP contribution in [-0.2, 0) is 0 Å². The molecule has 3 atom stereocenters. The van der Waals surface area contributed by atoms with E-state index in [9.17, 15) is 5.11 Å². The second-order valence-electron chi connectivity index (χ2n) is 4.24. The average molecular weight is 181 g/mol. The third-order valence-electron chi connectivity index (χ3n) is 3.30. The highest BCUT2D eigenvalue weighted by Gasteiger charge is 2.29. The van der Waals surface area contributed by atoms with Crippen LogP contribution in [0.4, 0.5) is 0 Å². The summed E-state index contributed by atoms with van der Waals surface area (Å²) >= 11 is 0. The fourth-order valence-electron chi connectivity index (χ4n) is 2.46. The summed E-state index contributed by atoms with van der Waals surface area (Å²) in [6.07, 6.45) is 10.1. The monoisotopic (exact) mass is 181 g/mol. The molecule has 2 aliphatic rings. The van der Waals surface area contributed by atoms with Gasteiger partial charge in [-0.05, 0) is 44.6 Å².